The third-order valence-electron chi connectivity index (χ3n) is 5.13. The maximum atomic E-state index is 12.7. The summed E-state index contributed by atoms with van der Waals surface area (Å²) in [6.45, 7) is 0. The molecule has 10 heteroatoms. The molecule has 0 radical (unpaired) electrons. The molecule has 4 aromatic rings. The zero-order chi connectivity index (χ0) is 27.1. The predicted molar refractivity (Wildman–Crippen MR) is 151 cm³/mol. The fraction of sp³-hybridized carbons (Fsp3) is 0. The van der Waals surface area contributed by atoms with E-state index in [0.717, 1.165) is 4.47 Å². The van der Waals surface area contributed by atoms with Gasteiger partial charge in [-0.3, -0.25) is 9.59 Å². The van der Waals surface area contributed by atoms with Crippen LogP contribution in [0.15, 0.2) is 101 Å². The van der Waals surface area contributed by atoms with Gasteiger partial charge in [-0.05, 0) is 72.8 Å². The highest BCUT2D eigenvalue weighted by atomic mass is 79.9. The van der Waals surface area contributed by atoms with Crippen LogP contribution >= 0.6 is 39.1 Å². The van der Waals surface area contributed by atoms with E-state index in [9.17, 15) is 14.4 Å². The highest BCUT2D eigenvalue weighted by Crippen LogP contribution is 2.23. The van der Waals surface area contributed by atoms with Gasteiger partial charge in [-0.25, -0.2) is 10.2 Å². The Kier molecular flexibility index (Phi) is 8.91. The molecule has 38 heavy (non-hydrogen) atoms. The molecule has 0 atom stereocenters. The Balaban J connectivity index is 1.43. The Bertz CT molecular complexity index is 1540. The van der Waals surface area contributed by atoms with Crippen molar-refractivity contribution in [1.29, 1.82) is 0 Å². The molecule has 0 saturated heterocycles. The van der Waals surface area contributed by atoms with Gasteiger partial charge in [0.1, 0.15) is 5.75 Å². The van der Waals surface area contributed by atoms with Crippen LogP contribution in [0.25, 0.3) is 0 Å². The van der Waals surface area contributed by atoms with Crippen molar-refractivity contribution < 1.29 is 19.1 Å². The van der Waals surface area contributed by atoms with E-state index in [1.165, 1.54) is 12.3 Å². The van der Waals surface area contributed by atoms with Crippen LogP contribution in [0.3, 0.4) is 0 Å². The van der Waals surface area contributed by atoms with Crippen molar-refractivity contribution in [2.45, 2.75) is 0 Å². The predicted octanol–water partition coefficient (Wildman–Crippen LogP) is 6.99. The minimum Gasteiger partial charge on any atom is -0.422 e. The van der Waals surface area contributed by atoms with E-state index in [0.29, 0.717) is 32.4 Å². The summed E-state index contributed by atoms with van der Waals surface area (Å²) in [6, 6.07) is 24.3. The first kappa shape index (κ1) is 27.1. The van der Waals surface area contributed by atoms with E-state index < -0.39 is 17.8 Å². The largest absolute Gasteiger partial charge is 0.422 e. The molecule has 7 nitrogen and oxygen atoms in total. The number of hydrogen-bond donors (Lipinski definition) is 2. The van der Waals surface area contributed by atoms with Crippen LogP contribution in [0.4, 0.5) is 5.69 Å². The summed E-state index contributed by atoms with van der Waals surface area (Å²) >= 11 is 15.3. The Hall–Kier alpha value is -3.98. The average molecular weight is 611 g/mol. The highest BCUT2D eigenvalue weighted by molar-refractivity contribution is 9.10. The summed E-state index contributed by atoms with van der Waals surface area (Å²) < 4.78 is 6.23. The van der Waals surface area contributed by atoms with Crippen molar-refractivity contribution in [3.05, 3.63) is 128 Å². The molecule has 190 valence electrons. The number of hydrogen-bond acceptors (Lipinski definition) is 5. The number of ether oxygens (including phenoxy) is 1. The lowest BCUT2D eigenvalue weighted by molar-refractivity contribution is 0.0734. The van der Waals surface area contributed by atoms with Gasteiger partial charge in [-0.15, -0.1) is 0 Å². The molecule has 2 N–H and O–H groups in total. The number of carbonyl (C=O) groups is 3. The van der Waals surface area contributed by atoms with Crippen molar-refractivity contribution in [1.82, 2.24) is 5.43 Å². The highest BCUT2D eigenvalue weighted by Gasteiger charge is 2.13. The fourth-order valence-corrected chi connectivity index (χ4v) is 3.99. The average Bonchev–Trinajstić information content (AvgIpc) is 2.90. The number of esters is 1. The smallest absolute Gasteiger partial charge is 0.343 e. The van der Waals surface area contributed by atoms with Gasteiger partial charge in [0.15, 0.2) is 0 Å². The van der Waals surface area contributed by atoms with Crippen molar-refractivity contribution in [3.63, 3.8) is 0 Å². The lowest BCUT2D eigenvalue weighted by atomic mass is 10.1. The number of nitrogens with zero attached hydrogens (tertiary/aromatic N) is 1. The van der Waals surface area contributed by atoms with E-state index in [2.05, 4.69) is 31.8 Å². The van der Waals surface area contributed by atoms with Crippen LogP contribution in [0.1, 0.15) is 36.6 Å². The number of nitrogens with one attached hydrogen (secondary N) is 2. The lowest BCUT2D eigenvalue weighted by Crippen LogP contribution is -2.18. The molecule has 0 aliphatic rings. The van der Waals surface area contributed by atoms with Crippen molar-refractivity contribution in [2.24, 2.45) is 5.10 Å². The quantitative estimate of drug-likeness (QED) is 0.102. The number of hydrazone groups is 1. The Labute approximate surface area is 236 Å². The van der Waals surface area contributed by atoms with E-state index in [1.807, 2.05) is 0 Å². The molecule has 0 aliphatic heterocycles. The number of anilines is 1. The zero-order valence-corrected chi connectivity index (χ0v) is 22.5. The molecule has 2 amide bonds. The third kappa shape index (κ3) is 7.07. The number of benzene rings is 4. The Morgan fingerprint density at radius 3 is 2.34 bits per heavy atom. The molecule has 0 bridgehead atoms. The molecule has 0 aromatic heterocycles. The monoisotopic (exact) mass is 609 g/mol. The van der Waals surface area contributed by atoms with Crippen LogP contribution in [-0.2, 0) is 0 Å². The summed E-state index contributed by atoms with van der Waals surface area (Å²) in [5.41, 5.74) is 4.20. The van der Waals surface area contributed by atoms with Gasteiger partial charge in [0.05, 0.1) is 22.4 Å². The molecule has 0 unspecified atom stereocenters. The Morgan fingerprint density at radius 2 is 1.58 bits per heavy atom. The normalized spacial score (nSPS) is 10.7. The van der Waals surface area contributed by atoms with Gasteiger partial charge in [-0.1, -0.05) is 57.3 Å². The molecular formula is C28H18BrCl2N3O4. The van der Waals surface area contributed by atoms with E-state index in [4.69, 9.17) is 27.9 Å². The second-order valence-corrected chi connectivity index (χ2v) is 9.55. The van der Waals surface area contributed by atoms with Gasteiger partial charge in [0.2, 0.25) is 0 Å². The van der Waals surface area contributed by atoms with Crippen molar-refractivity contribution in [2.75, 3.05) is 5.32 Å². The van der Waals surface area contributed by atoms with Gasteiger partial charge < -0.3 is 10.1 Å². The second-order valence-electron chi connectivity index (χ2n) is 7.79. The summed E-state index contributed by atoms with van der Waals surface area (Å²) in [5.74, 6) is -1.24. The maximum Gasteiger partial charge on any atom is 0.343 e. The molecule has 0 saturated carbocycles. The summed E-state index contributed by atoms with van der Waals surface area (Å²) in [6.07, 6.45) is 1.36. The first-order chi connectivity index (χ1) is 18.3. The molecule has 0 spiro atoms. The van der Waals surface area contributed by atoms with Gasteiger partial charge in [-0.2, -0.15) is 5.10 Å². The van der Waals surface area contributed by atoms with E-state index in [-0.39, 0.29) is 11.3 Å². The molecule has 4 rings (SSSR count). The van der Waals surface area contributed by atoms with Crippen LogP contribution in [0.2, 0.25) is 10.0 Å². The van der Waals surface area contributed by atoms with E-state index >= 15 is 0 Å². The first-order valence-corrected chi connectivity index (χ1v) is 12.6. The molecule has 4 aromatic carbocycles. The summed E-state index contributed by atoms with van der Waals surface area (Å²) in [4.78, 5) is 37.7. The number of halogens is 3. The van der Waals surface area contributed by atoms with Crippen LogP contribution in [0.5, 0.6) is 5.75 Å². The lowest BCUT2D eigenvalue weighted by Gasteiger charge is -2.09. The fourth-order valence-electron chi connectivity index (χ4n) is 3.26. The SMILES string of the molecule is O=C(NN=Cc1cc(Br)ccc1OC(=O)c1ccc(Cl)cc1)c1cccc(NC(=O)c2ccccc2Cl)c1. The van der Waals surface area contributed by atoms with Crippen LogP contribution < -0.4 is 15.5 Å². The second kappa shape index (κ2) is 12.5. The zero-order valence-electron chi connectivity index (χ0n) is 19.5. The minimum atomic E-state index is -0.571. The van der Waals surface area contributed by atoms with Crippen molar-refractivity contribution in [3.8, 4) is 5.75 Å². The van der Waals surface area contributed by atoms with Crippen molar-refractivity contribution >= 4 is 68.8 Å². The van der Waals surface area contributed by atoms with Crippen LogP contribution in [0, 0.1) is 0 Å². The third-order valence-corrected chi connectivity index (χ3v) is 6.20. The molecule has 0 fully saturated rings. The summed E-state index contributed by atoms with van der Waals surface area (Å²) in [7, 11) is 0. The summed E-state index contributed by atoms with van der Waals surface area (Å²) in [5, 5.41) is 7.54. The topological polar surface area (TPSA) is 96.9 Å². The first-order valence-electron chi connectivity index (χ1n) is 11.1. The minimum absolute atomic E-state index is 0.246. The Morgan fingerprint density at radius 1 is 0.816 bits per heavy atom. The maximum absolute atomic E-state index is 12.7. The van der Waals surface area contributed by atoms with Gasteiger partial charge >= 0.3 is 5.97 Å². The van der Waals surface area contributed by atoms with Gasteiger partial charge in [0.25, 0.3) is 11.8 Å². The molecular weight excluding hydrogens is 593 g/mol. The molecule has 0 heterocycles. The number of amides is 2. The van der Waals surface area contributed by atoms with Crippen LogP contribution in [-0.4, -0.2) is 24.0 Å². The number of rotatable bonds is 7. The number of carbonyl (C=O) groups excluding carboxylic acids is 3. The van der Waals surface area contributed by atoms with Gasteiger partial charge in [0, 0.05) is 26.3 Å². The standard InChI is InChI=1S/C28H18BrCl2N3O4/c29-20-10-13-25(38-28(37)17-8-11-21(30)12-9-17)19(14-20)16-32-34-26(35)18-4-3-5-22(15-18)33-27(36)23-6-1-2-7-24(23)31/h1-16H,(H,33,36)(H,34,35). The molecule has 0 aliphatic carbocycles. The van der Waals surface area contributed by atoms with E-state index in [1.54, 1.807) is 84.9 Å².